The first-order chi connectivity index (χ1) is 15.2. The van der Waals surface area contributed by atoms with Crippen LogP contribution in [-0.2, 0) is 11.3 Å². The fourth-order valence-corrected chi connectivity index (χ4v) is 3.03. The Bertz CT molecular complexity index is 773. The van der Waals surface area contributed by atoms with E-state index >= 15 is 0 Å². The van der Waals surface area contributed by atoms with E-state index in [0.29, 0.717) is 58.3 Å². The number of halogens is 1. The predicted octanol–water partition coefficient (Wildman–Crippen LogP) is 2.06. The highest BCUT2D eigenvalue weighted by Crippen LogP contribution is 2.18. The summed E-state index contributed by atoms with van der Waals surface area (Å²) in [6.07, 6.45) is -0.649. The molecule has 3 N–H and O–H groups in total. The van der Waals surface area contributed by atoms with Crippen molar-refractivity contribution in [1.29, 1.82) is 0 Å². The number of hydrogen-bond acceptors (Lipinski definition) is 6. The van der Waals surface area contributed by atoms with Crippen LogP contribution >= 0.6 is 12.4 Å². The number of ether oxygens (including phenoxy) is 3. The van der Waals surface area contributed by atoms with Gasteiger partial charge < -0.3 is 34.9 Å². The summed E-state index contributed by atoms with van der Waals surface area (Å²) in [4.78, 5) is 13.7. The molecule has 2 amide bonds. The Labute approximate surface area is 195 Å². The number of rotatable bonds is 11. The van der Waals surface area contributed by atoms with Gasteiger partial charge in [-0.1, -0.05) is 30.3 Å². The van der Waals surface area contributed by atoms with E-state index in [9.17, 15) is 9.90 Å². The maximum absolute atomic E-state index is 11.9. The number of carbonyl (C=O) groups excluding carboxylic acids is 1. The lowest BCUT2D eigenvalue weighted by Gasteiger charge is -2.27. The van der Waals surface area contributed by atoms with Crippen LogP contribution in [0.2, 0.25) is 0 Å². The van der Waals surface area contributed by atoms with Crippen LogP contribution in [0.4, 0.5) is 4.79 Å². The highest BCUT2D eigenvalue weighted by molar-refractivity contribution is 5.85. The van der Waals surface area contributed by atoms with E-state index in [1.165, 1.54) is 0 Å². The average molecular weight is 466 g/mol. The summed E-state index contributed by atoms with van der Waals surface area (Å²) in [5, 5.41) is 16.0. The molecule has 0 bridgehead atoms. The molecule has 1 heterocycles. The van der Waals surface area contributed by atoms with Crippen molar-refractivity contribution in [3.63, 3.8) is 0 Å². The van der Waals surface area contributed by atoms with Crippen LogP contribution in [0, 0.1) is 0 Å². The smallest absolute Gasteiger partial charge is 0.317 e. The second-order valence-corrected chi connectivity index (χ2v) is 7.25. The Morgan fingerprint density at radius 2 is 1.66 bits per heavy atom. The number of aliphatic hydroxyl groups is 1. The van der Waals surface area contributed by atoms with E-state index in [4.69, 9.17) is 14.2 Å². The summed E-state index contributed by atoms with van der Waals surface area (Å²) in [7, 11) is 0. The molecule has 9 heteroatoms. The molecule has 1 fully saturated rings. The van der Waals surface area contributed by atoms with Crippen LogP contribution in [0.1, 0.15) is 5.56 Å². The van der Waals surface area contributed by atoms with Crippen LogP contribution in [0.25, 0.3) is 0 Å². The third-order valence-electron chi connectivity index (χ3n) is 4.77. The van der Waals surface area contributed by atoms with Crippen molar-refractivity contribution in [3.8, 4) is 11.5 Å². The minimum atomic E-state index is -0.649. The molecule has 0 radical (unpaired) electrons. The zero-order valence-electron chi connectivity index (χ0n) is 18.1. The normalized spacial score (nSPS) is 14.2. The maximum Gasteiger partial charge on any atom is 0.317 e. The largest absolute Gasteiger partial charge is 0.491 e. The van der Waals surface area contributed by atoms with Gasteiger partial charge in [0.2, 0.25) is 0 Å². The van der Waals surface area contributed by atoms with Gasteiger partial charge in [0, 0.05) is 32.7 Å². The molecule has 2 aromatic carbocycles. The zero-order chi connectivity index (χ0) is 21.7. The minimum Gasteiger partial charge on any atom is -0.491 e. The van der Waals surface area contributed by atoms with Crippen molar-refractivity contribution in [2.24, 2.45) is 0 Å². The molecule has 1 aliphatic heterocycles. The van der Waals surface area contributed by atoms with Gasteiger partial charge in [0.1, 0.15) is 30.8 Å². The number of benzene rings is 2. The number of urea groups is 1. The van der Waals surface area contributed by atoms with Crippen molar-refractivity contribution >= 4 is 18.4 Å². The van der Waals surface area contributed by atoms with E-state index in [1.54, 1.807) is 4.90 Å². The summed E-state index contributed by atoms with van der Waals surface area (Å²) in [5.41, 5.74) is 1.11. The summed E-state index contributed by atoms with van der Waals surface area (Å²) in [6, 6.07) is 17.2. The third-order valence-corrected chi connectivity index (χ3v) is 4.77. The van der Waals surface area contributed by atoms with Gasteiger partial charge in [-0.05, 0) is 29.8 Å². The minimum absolute atomic E-state index is 0. The molecule has 176 valence electrons. The monoisotopic (exact) mass is 465 g/mol. The Morgan fingerprint density at radius 3 is 2.34 bits per heavy atom. The van der Waals surface area contributed by atoms with Gasteiger partial charge in [-0.15, -0.1) is 12.4 Å². The number of carbonyl (C=O) groups is 1. The molecule has 0 aliphatic carbocycles. The van der Waals surface area contributed by atoms with E-state index < -0.39 is 6.10 Å². The molecule has 1 unspecified atom stereocenters. The topological polar surface area (TPSA) is 92.3 Å². The number of amides is 2. The maximum atomic E-state index is 11.9. The molecule has 0 spiro atoms. The molecule has 32 heavy (non-hydrogen) atoms. The molecule has 3 rings (SSSR count). The van der Waals surface area contributed by atoms with Crippen LogP contribution in [0.5, 0.6) is 11.5 Å². The van der Waals surface area contributed by atoms with Gasteiger partial charge >= 0.3 is 6.03 Å². The predicted molar refractivity (Wildman–Crippen MR) is 125 cm³/mol. The first kappa shape index (κ1) is 25.7. The fourth-order valence-electron chi connectivity index (χ4n) is 3.03. The van der Waals surface area contributed by atoms with Gasteiger partial charge in [0.25, 0.3) is 0 Å². The molecule has 0 saturated carbocycles. The number of morpholine rings is 1. The first-order valence-electron chi connectivity index (χ1n) is 10.6. The number of aliphatic hydroxyl groups excluding tert-OH is 1. The van der Waals surface area contributed by atoms with E-state index in [1.807, 2.05) is 54.6 Å². The first-order valence-corrected chi connectivity index (χ1v) is 10.6. The van der Waals surface area contributed by atoms with E-state index in [2.05, 4.69) is 10.6 Å². The van der Waals surface area contributed by atoms with Crippen LogP contribution < -0.4 is 20.1 Å². The second-order valence-electron chi connectivity index (χ2n) is 7.25. The number of hydrogen-bond donors (Lipinski definition) is 3. The van der Waals surface area contributed by atoms with Crippen molar-refractivity contribution in [2.45, 2.75) is 12.7 Å². The zero-order valence-corrected chi connectivity index (χ0v) is 18.9. The van der Waals surface area contributed by atoms with Crippen LogP contribution in [-0.4, -0.2) is 74.7 Å². The van der Waals surface area contributed by atoms with Crippen LogP contribution in [0.3, 0.4) is 0 Å². The quantitative estimate of drug-likeness (QED) is 0.440. The molecule has 1 atom stereocenters. The Hall–Kier alpha value is -2.52. The lowest BCUT2D eigenvalue weighted by molar-refractivity contribution is 0.0532. The van der Waals surface area contributed by atoms with Gasteiger partial charge in [-0.3, -0.25) is 0 Å². The average Bonchev–Trinajstić information content (AvgIpc) is 2.83. The van der Waals surface area contributed by atoms with E-state index in [0.717, 1.165) is 11.3 Å². The van der Waals surface area contributed by atoms with Crippen LogP contribution in [0.15, 0.2) is 54.6 Å². The molecular formula is C23H32ClN3O5. The standard InChI is InChI=1S/C23H31N3O5.ClH/c27-20(16-24-10-11-25-23(28)26-12-14-29-15-13-26)18-31-22-8-6-21(7-9-22)30-17-19-4-2-1-3-5-19;/h1-9,20,24,27H,10-18H2,(H,25,28);1H. The summed E-state index contributed by atoms with van der Waals surface area (Å²) in [5.74, 6) is 1.43. The summed E-state index contributed by atoms with van der Waals surface area (Å²) in [6.45, 7) is 4.55. The van der Waals surface area contributed by atoms with Gasteiger partial charge in [-0.2, -0.15) is 0 Å². The molecule has 1 aliphatic rings. The Kier molecular flexibility index (Phi) is 11.7. The molecule has 8 nitrogen and oxygen atoms in total. The van der Waals surface area contributed by atoms with Gasteiger partial charge in [0.05, 0.1) is 13.2 Å². The van der Waals surface area contributed by atoms with Crippen molar-refractivity contribution in [3.05, 3.63) is 60.2 Å². The molecule has 0 aromatic heterocycles. The van der Waals surface area contributed by atoms with Crippen molar-refractivity contribution in [2.75, 3.05) is 52.5 Å². The molecule has 2 aromatic rings. The Morgan fingerprint density at radius 1 is 1.00 bits per heavy atom. The number of nitrogens with zero attached hydrogens (tertiary/aromatic N) is 1. The lowest BCUT2D eigenvalue weighted by Crippen LogP contribution is -2.47. The Balaban J connectivity index is 0.00000363. The van der Waals surface area contributed by atoms with Crippen molar-refractivity contribution in [1.82, 2.24) is 15.5 Å². The second kappa shape index (κ2) is 14.5. The third kappa shape index (κ3) is 9.32. The summed E-state index contributed by atoms with van der Waals surface area (Å²) < 4.78 is 16.6. The van der Waals surface area contributed by atoms with Gasteiger partial charge in [0.15, 0.2) is 0 Å². The SMILES string of the molecule is Cl.O=C(NCCNCC(O)COc1ccc(OCc2ccccc2)cc1)N1CCOCC1. The fraction of sp³-hybridized carbons (Fsp3) is 0.435. The highest BCUT2D eigenvalue weighted by Gasteiger charge is 2.15. The lowest BCUT2D eigenvalue weighted by atomic mass is 10.2. The highest BCUT2D eigenvalue weighted by atomic mass is 35.5. The van der Waals surface area contributed by atoms with E-state index in [-0.39, 0.29) is 25.0 Å². The van der Waals surface area contributed by atoms with Crippen molar-refractivity contribution < 1.29 is 24.1 Å². The molecular weight excluding hydrogens is 434 g/mol. The number of nitrogens with one attached hydrogen (secondary N) is 2. The summed E-state index contributed by atoms with van der Waals surface area (Å²) >= 11 is 0. The molecule has 1 saturated heterocycles. The van der Waals surface area contributed by atoms with Gasteiger partial charge in [-0.25, -0.2) is 4.79 Å².